The topological polar surface area (TPSA) is 62.6 Å². The van der Waals surface area contributed by atoms with Crippen LogP contribution in [0.25, 0.3) is 0 Å². The third kappa shape index (κ3) is 4.30. The summed E-state index contributed by atoms with van der Waals surface area (Å²) < 4.78 is 39.6. The molecule has 2 amide bonds. The molecule has 27 heavy (non-hydrogen) atoms. The van der Waals surface area contributed by atoms with Crippen LogP contribution in [0.15, 0.2) is 23.6 Å². The molecule has 0 bridgehead atoms. The van der Waals surface area contributed by atoms with E-state index in [4.69, 9.17) is 0 Å². The average Bonchev–Trinajstić information content (AvgIpc) is 3.12. The van der Waals surface area contributed by atoms with Gasteiger partial charge >= 0.3 is 0 Å². The SMILES string of the molecule is C[C@@H]1c2ccsc2CC[NH+]1CC(=O)NCC(=O)Nc1ccc(F)c(F)c1F. The van der Waals surface area contributed by atoms with Crippen molar-refractivity contribution in [1.82, 2.24) is 5.32 Å². The Morgan fingerprint density at radius 2 is 1.96 bits per heavy atom. The number of benzene rings is 1. The van der Waals surface area contributed by atoms with Gasteiger partial charge in [0.15, 0.2) is 24.0 Å². The maximum atomic E-state index is 13.5. The molecule has 2 atom stereocenters. The van der Waals surface area contributed by atoms with Crippen molar-refractivity contribution in [2.75, 3.05) is 25.0 Å². The Morgan fingerprint density at radius 1 is 1.19 bits per heavy atom. The molecule has 2 heterocycles. The number of rotatable bonds is 5. The molecule has 1 aromatic carbocycles. The number of amides is 2. The molecular weight excluding hydrogens is 379 g/mol. The first-order valence-corrected chi connectivity index (χ1v) is 9.35. The molecule has 1 aliphatic rings. The van der Waals surface area contributed by atoms with Crippen molar-refractivity contribution < 1.29 is 27.7 Å². The van der Waals surface area contributed by atoms with E-state index in [0.717, 1.165) is 23.9 Å². The number of hydrogen-bond donors (Lipinski definition) is 3. The zero-order chi connectivity index (χ0) is 19.6. The first kappa shape index (κ1) is 19.4. The van der Waals surface area contributed by atoms with E-state index in [0.29, 0.717) is 6.07 Å². The number of carbonyl (C=O) groups is 2. The van der Waals surface area contributed by atoms with Gasteiger partial charge < -0.3 is 15.5 Å². The minimum atomic E-state index is -1.66. The van der Waals surface area contributed by atoms with Crippen LogP contribution in [0.3, 0.4) is 0 Å². The highest BCUT2D eigenvalue weighted by Gasteiger charge is 2.29. The summed E-state index contributed by atoms with van der Waals surface area (Å²) in [4.78, 5) is 26.4. The van der Waals surface area contributed by atoms with Crippen LogP contribution in [-0.4, -0.2) is 31.4 Å². The maximum absolute atomic E-state index is 13.5. The van der Waals surface area contributed by atoms with Gasteiger partial charge in [0.2, 0.25) is 5.91 Å². The fraction of sp³-hybridized carbons (Fsp3) is 0.333. The summed E-state index contributed by atoms with van der Waals surface area (Å²) >= 11 is 1.72. The fourth-order valence-corrected chi connectivity index (χ4v) is 4.14. The van der Waals surface area contributed by atoms with Gasteiger partial charge in [0.25, 0.3) is 5.91 Å². The molecule has 0 spiro atoms. The van der Waals surface area contributed by atoms with Crippen LogP contribution in [-0.2, 0) is 16.0 Å². The van der Waals surface area contributed by atoms with Crippen molar-refractivity contribution in [3.63, 3.8) is 0 Å². The van der Waals surface area contributed by atoms with Gasteiger partial charge in [0, 0.05) is 16.9 Å². The Kier molecular flexibility index (Phi) is 5.81. The van der Waals surface area contributed by atoms with Gasteiger partial charge in [-0.1, -0.05) is 0 Å². The number of halogens is 3. The van der Waals surface area contributed by atoms with E-state index < -0.39 is 29.0 Å². The van der Waals surface area contributed by atoms with Crippen molar-refractivity contribution in [2.24, 2.45) is 0 Å². The van der Waals surface area contributed by atoms with Crippen LogP contribution in [0.1, 0.15) is 23.4 Å². The number of thiophene rings is 1. The molecule has 0 fully saturated rings. The molecule has 1 aliphatic heterocycles. The van der Waals surface area contributed by atoms with E-state index >= 15 is 0 Å². The molecule has 5 nitrogen and oxygen atoms in total. The van der Waals surface area contributed by atoms with Crippen molar-refractivity contribution in [2.45, 2.75) is 19.4 Å². The van der Waals surface area contributed by atoms with Gasteiger partial charge in [0.1, 0.15) is 6.04 Å². The van der Waals surface area contributed by atoms with Crippen LogP contribution >= 0.6 is 11.3 Å². The predicted molar refractivity (Wildman–Crippen MR) is 95.1 cm³/mol. The van der Waals surface area contributed by atoms with Gasteiger partial charge in [0.05, 0.1) is 18.8 Å². The summed E-state index contributed by atoms with van der Waals surface area (Å²) in [5.41, 5.74) is 0.772. The zero-order valence-electron chi connectivity index (χ0n) is 14.6. The highest BCUT2D eigenvalue weighted by Crippen LogP contribution is 2.24. The number of nitrogens with one attached hydrogen (secondary N) is 3. The van der Waals surface area contributed by atoms with Crippen LogP contribution < -0.4 is 15.5 Å². The second kappa shape index (κ2) is 8.10. The standard InChI is InChI=1S/C18H18F3N3O2S/c1-10-11-5-7-27-14(11)4-6-24(10)9-16(26)22-8-15(25)23-13-3-2-12(19)17(20)18(13)21/h2-3,5,7,10H,4,6,8-9H2,1H3,(H,22,26)(H,23,25)/p+1/t10-/m1/s1. The minimum absolute atomic E-state index is 0.191. The summed E-state index contributed by atoms with van der Waals surface area (Å²) in [5, 5.41) is 6.64. The molecule has 0 saturated carbocycles. The molecule has 0 saturated heterocycles. The van der Waals surface area contributed by atoms with Crippen molar-refractivity contribution in [1.29, 1.82) is 0 Å². The molecule has 3 rings (SSSR count). The third-order valence-electron chi connectivity index (χ3n) is 4.67. The Morgan fingerprint density at radius 3 is 2.74 bits per heavy atom. The molecule has 2 aromatic rings. The Hall–Kier alpha value is -2.39. The molecule has 0 radical (unpaired) electrons. The zero-order valence-corrected chi connectivity index (χ0v) is 15.4. The van der Waals surface area contributed by atoms with E-state index in [1.165, 1.54) is 10.4 Å². The minimum Gasteiger partial charge on any atom is -0.342 e. The molecule has 1 aromatic heterocycles. The van der Waals surface area contributed by atoms with Crippen molar-refractivity contribution in [3.05, 3.63) is 51.5 Å². The van der Waals surface area contributed by atoms with E-state index in [9.17, 15) is 22.8 Å². The second-order valence-corrected chi connectivity index (χ2v) is 7.40. The van der Waals surface area contributed by atoms with Crippen molar-refractivity contribution >= 4 is 28.8 Å². The van der Waals surface area contributed by atoms with Gasteiger partial charge in [-0.2, -0.15) is 0 Å². The smallest absolute Gasteiger partial charge is 0.275 e. The number of anilines is 1. The molecule has 1 unspecified atom stereocenters. The lowest BCUT2D eigenvalue weighted by Crippen LogP contribution is -3.14. The number of fused-ring (bicyclic) bond motifs is 1. The average molecular weight is 398 g/mol. The quantitative estimate of drug-likeness (QED) is 0.668. The first-order valence-electron chi connectivity index (χ1n) is 8.47. The largest absolute Gasteiger partial charge is 0.342 e. The maximum Gasteiger partial charge on any atom is 0.275 e. The number of carbonyl (C=O) groups excluding carboxylic acids is 2. The lowest BCUT2D eigenvalue weighted by molar-refractivity contribution is -0.924. The van der Waals surface area contributed by atoms with Crippen LogP contribution in [0.2, 0.25) is 0 Å². The van der Waals surface area contributed by atoms with Gasteiger partial charge in [-0.3, -0.25) is 9.59 Å². The van der Waals surface area contributed by atoms with Crippen LogP contribution in [0.5, 0.6) is 0 Å². The monoisotopic (exact) mass is 398 g/mol. The van der Waals surface area contributed by atoms with Crippen LogP contribution in [0, 0.1) is 17.5 Å². The predicted octanol–water partition coefficient (Wildman–Crippen LogP) is 1.42. The summed E-state index contributed by atoms with van der Waals surface area (Å²) in [6.45, 7) is 2.71. The van der Waals surface area contributed by atoms with Crippen LogP contribution in [0.4, 0.5) is 18.9 Å². The molecule has 144 valence electrons. The van der Waals surface area contributed by atoms with E-state index in [1.807, 2.05) is 5.38 Å². The lowest BCUT2D eigenvalue weighted by atomic mass is 10.0. The van der Waals surface area contributed by atoms with Gasteiger partial charge in [-0.05, 0) is 30.5 Å². The number of hydrogen-bond acceptors (Lipinski definition) is 3. The van der Waals surface area contributed by atoms with E-state index in [-0.39, 0.29) is 25.0 Å². The van der Waals surface area contributed by atoms with E-state index in [2.05, 4.69) is 23.6 Å². The van der Waals surface area contributed by atoms with Gasteiger partial charge in [-0.25, -0.2) is 13.2 Å². The summed E-state index contributed by atoms with van der Waals surface area (Å²) in [7, 11) is 0. The Balaban J connectivity index is 1.49. The molecular formula is C18H19F3N3O2S+. The summed E-state index contributed by atoms with van der Waals surface area (Å²) in [6.07, 6.45) is 0.913. The third-order valence-corrected chi connectivity index (χ3v) is 5.67. The van der Waals surface area contributed by atoms with E-state index in [1.54, 1.807) is 11.3 Å². The highest BCUT2D eigenvalue weighted by atomic mass is 32.1. The second-order valence-electron chi connectivity index (χ2n) is 6.40. The Labute approximate surface area is 158 Å². The summed E-state index contributed by atoms with van der Waals surface area (Å²) in [6, 6.07) is 3.90. The number of quaternary nitrogens is 1. The highest BCUT2D eigenvalue weighted by molar-refractivity contribution is 7.10. The molecule has 9 heteroatoms. The molecule has 0 aliphatic carbocycles. The Bertz CT molecular complexity index is 872. The van der Waals surface area contributed by atoms with Gasteiger partial charge in [-0.15, -0.1) is 11.3 Å². The van der Waals surface area contributed by atoms with Crippen molar-refractivity contribution in [3.8, 4) is 0 Å². The molecule has 3 N–H and O–H groups in total. The first-order chi connectivity index (χ1) is 12.9. The fourth-order valence-electron chi connectivity index (χ4n) is 3.16. The lowest BCUT2D eigenvalue weighted by Gasteiger charge is -2.29. The normalized spacial score (nSPS) is 18.7. The summed E-state index contributed by atoms with van der Waals surface area (Å²) in [5.74, 6) is -5.52.